The van der Waals surface area contributed by atoms with Gasteiger partial charge in [0.05, 0.1) is 12.5 Å². The second-order valence-electron chi connectivity index (χ2n) is 5.97. The molecule has 3 nitrogen and oxygen atoms in total. The molecule has 0 bridgehead atoms. The van der Waals surface area contributed by atoms with Crippen molar-refractivity contribution in [3.8, 4) is 0 Å². The Labute approximate surface area is 125 Å². The number of benzene rings is 1. The van der Waals surface area contributed by atoms with E-state index >= 15 is 0 Å². The molecular formula is C18H20N2O. The summed E-state index contributed by atoms with van der Waals surface area (Å²) in [5.74, 6) is 0.508. The molecule has 1 aliphatic carbocycles. The summed E-state index contributed by atoms with van der Waals surface area (Å²) in [6.07, 6.45) is 4.89. The van der Waals surface area contributed by atoms with E-state index in [2.05, 4.69) is 42.3 Å². The SMILES string of the molecule is Cc1ccc2c(c1)[C@H](NC(=O)Cc1cccnc1)[C@@H](C)C2. The van der Waals surface area contributed by atoms with Gasteiger partial charge >= 0.3 is 0 Å². The monoisotopic (exact) mass is 280 g/mol. The van der Waals surface area contributed by atoms with Crippen molar-refractivity contribution in [2.24, 2.45) is 5.92 Å². The number of nitrogens with one attached hydrogen (secondary N) is 1. The van der Waals surface area contributed by atoms with E-state index < -0.39 is 0 Å². The lowest BCUT2D eigenvalue weighted by Gasteiger charge is -2.19. The third kappa shape index (κ3) is 2.97. The van der Waals surface area contributed by atoms with Crippen LogP contribution in [0.5, 0.6) is 0 Å². The molecule has 21 heavy (non-hydrogen) atoms. The largest absolute Gasteiger partial charge is 0.349 e. The number of amides is 1. The van der Waals surface area contributed by atoms with E-state index in [-0.39, 0.29) is 11.9 Å². The first-order valence-corrected chi connectivity index (χ1v) is 7.41. The average molecular weight is 280 g/mol. The van der Waals surface area contributed by atoms with Crippen LogP contribution < -0.4 is 5.32 Å². The Morgan fingerprint density at radius 3 is 3.00 bits per heavy atom. The van der Waals surface area contributed by atoms with Gasteiger partial charge in [-0.1, -0.05) is 36.8 Å². The van der Waals surface area contributed by atoms with Crippen molar-refractivity contribution in [1.29, 1.82) is 0 Å². The molecule has 3 heteroatoms. The standard InChI is InChI=1S/C18H20N2O/c1-12-5-6-15-9-13(2)18(16(15)8-12)20-17(21)10-14-4-3-7-19-11-14/h3-8,11,13,18H,9-10H2,1-2H3,(H,20,21)/t13-,18+/m0/s1. The highest BCUT2D eigenvalue weighted by Gasteiger charge is 2.30. The highest BCUT2D eigenvalue weighted by atomic mass is 16.1. The van der Waals surface area contributed by atoms with Crippen molar-refractivity contribution in [3.05, 3.63) is 65.0 Å². The van der Waals surface area contributed by atoms with Crippen LogP contribution in [0.25, 0.3) is 0 Å². The van der Waals surface area contributed by atoms with Gasteiger partial charge in [0.2, 0.25) is 5.91 Å². The van der Waals surface area contributed by atoms with Gasteiger partial charge in [-0.05, 0) is 42.0 Å². The van der Waals surface area contributed by atoms with Gasteiger partial charge < -0.3 is 5.32 Å². The predicted octanol–water partition coefficient (Wildman–Crippen LogP) is 2.98. The smallest absolute Gasteiger partial charge is 0.224 e. The topological polar surface area (TPSA) is 42.0 Å². The zero-order chi connectivity index (χ0) is 14.8. The highest BCUT2D eigenvalue weighted by molar-refractivity contribution is 5.79. The fraction of sp³-hybridized carbons (Fsp3) is 0.333. The number of carbonyl (C=O) groups is 1. The molecule has 1 N–H and O–H groups in total. The molecule has 0 fully saturated rings. The first-order valence-electron chi connectivity index (χ1n) is 7.41. The molecule has 0 spiro atoms. The molecule has 1 amide bonds. The second-order valence-corrected chi connectivity index (χ2v) is 5.97. The Morgan fingerprint density at radius 1 is 1.38 bits per heavy atom. The number of hydrogen-bond acceptors (Lipinski definition) is 2. The maximum absolute atomic E-state index is 12.3. The van der Waals surface area contributed by atoms with Gasteiger partial charge in [0, 0.05) is 12.4 Å². The molecule has 0 aliphatic heterocycles. The van der Waals surface area contributed by atoms with Crippen LogP contribution in [0.3, 0.4) is 0 Å². The number of aromatic nitrogens is 1. The van der Waals surface area contributed by atoms with Crippen LogP contribution in [0.1, 0.15) is 35.2 Å². The third-order valence-corrected chi connectivity index (χ3v) is 4.15. The molecule has 1 aromatic heterocycles. The van der Waals surface area contributed by atoms with Crippen LogP contribution in [0, 0.1) is 12.8 Å². The Bertz CT molecular complexity index is 652. The maximum Gasteiger partial charge on any atom is 0.224 e. The van der Waals surface area contributed by atoms with Crippen molar-refractivity contribution in [1.82, 2.24) is 10.3 Å². The van der Waals surface area contributed by atoms with Crippen LogP contribution in [0.4, 0.5) is 0 Å². The summed E-state index contributed by atoms with van der Waals surface area (Å²) in [6.45, 7) is 4.29. The number of pyridine rings is 1. The molecular weight excluding hydrogens is 260 g/mol. The zero-order valence-electron chi connectivity index (χ0n) is 12.5. The van der Waals surface area contributed by atoms with Crippen molar-refractivity contribution >= 4 is 5.91 Å². The number of hydrogen-bond donors (Lipinski definition) is 1. The van der Waals surface area contributed by atoms with Crippen LogP contribution in [-0.2, 0) is 17.6 Å². The molecule has 1 heterocycles. The van der Waals surface area contributed by atoms with Crippen molar-refractivity contribution < 1.29 is 4.79 Å². The first-order chi connectivity index (χ1) is 10.1. The van der Waals surface area contributed by atoms with Crippen molar-refractivity contribution in [2.45, 2.75) is 32.7 Å². The van der Waals surface area contributed by atoms with E-state index in [0.29, 0.717) is 12.3 Å². The number of rotatable bonds is 3. The summed E-state index contributed by atoms with van der Waals surface area (Å²) in [7, 11) is 0. The summed E-state index contributed by atoms with van der Waals surface area (Å²) >= 11 is 0. The van der Waals surface area contributed by atoms with Gasteiger partial charge in [0.25, 0.3) is 0 Å². The lowest BCUT2D eigenvalue weighted by molar-refractivity contribution is -0.121. The van der Waals surface area contributed by atoms with Gasteiger partial charge in [-0.3, -0.25) is 9.78 Å². The maximum atomic E-state index is 12.3. The summed E-state index contributed by atoms with van der Waals surface area (Å²) in [5.41, 5.74) is 4.83. The summed E-state index contributed by atoms with van der Waals surface area (Å²) < 4.78 is 0. The van der Waals surface area contributed by atoms with E-state index in [0.717, 1.165) is 12.0 Å². The van der Waals surface area contributed by atoms with Crippen LogP contribution in [-0.4, -0.2) is 10.9 Å². The normalized spacial score (nSPS) is 20.1. The van der Waals surface area contributed by atoms with Gasteiger partial charge in [-0.2, -0.15) is 0 Å². The minimum Gasteiger partial charge on any atom is -0.349 e. The molecule has 1 aromatic carbocycles. The van der Waals surface area contributed by atoms with Crippen LogP contribution in [0.15, 0.2) is 42.7 Å². The number of fused-ring (bicyclic) bond motifs is 1. The number of nitrogens with zero attached hydrogens (tertiary/aromatic N) is 1. The van der Waals surface area contributed by atoms with Gasteiger partial charge in [-0.25, -0.2) is 0 Å². The van der Waals surface area contributed by atoms with Gasteiger partial charge in [0.15, 0.2) is 0 Å². The predicted molar refractivity (Wildman–Crippen MR) is 82.9 cm³/mol. The lowest BCUT2D eigenvalue weighted by atomic mass is 10.0. The van der Waals surface area contributed by atoms with E-state index in [4.69, 9.17) is 0 Å². The van der Waals surface area contributed by atoms with E-state index in [1.807, 2.05) is 12.1 Å². The first kappa shape index (κ1) is 13.8. The molecule has 0 saturated carbocycles. The Morgan fingerprint density at radius 2 is 2.24 bits per heavy atom. The molecule has 3 rings (SSSR count). The summed E-state index contributed by atoms with van der Waals surface area (Å²) in [5, 5.41) is 3.19. The third-order valence-electron chi connectivity index (χ3n) is 4.15. The van der Waals surface area contributed by atoms with E-state index in [1.165, 1.54) is 16.7 Å². The molecule has 0 unspecified atom stereocenters. The quantitative estimate of drug-likeness (QED) is 0.939. The van der Waals surface area contributed by atoms with Crippen molar-refractivity contribution in [2.75, 3.05) is 0 Å². The molecule has 108 valence electrons. The summed E-state index contributed by atoms with van der Waals surface area (Å²) in [6, 6.07) is 10.5. The average Bonchev–Trinajstić information content (AvgIpc) is 2.76. The van der Waals surface area contributed by atoms with E-state index in [1.54, 1.807) is 12.4 Å². The van der Waals surface area contributed by atoms with E-state index in [9.17, 15) is 4.79 Å². The van der Waals surface area contributed by atoms with Gasteiger partial charge in [-0.15, -0.1) is 0 Å². The fourth-order valence-corrected chi connectivity index (χ4v) is 3.09. The number of carbonyl (C=O) groups excluding carboxylic acids is 1. The molecule has 2 aromatic rings. The highest BCUT2D eigenvalue weighted by Crippen LogP contribution is 2.36. The summed E-state index contributed by atoms with van der Waals surface area (Å²) in [4.78, 5) is 16.3. The Kier molecular flexibility index (Phi) is 3.74. The molecule has 0 radical (unpaired) electrons. The van der Waals surface area contributed by atoms with Crippen LogP contribution >= 0.6 is 0 Å². The molecule has 0 saturated heterocycles. The van der Waals surface area contributed by atoms with Crippen LogP contribution in [0.2, 0.25) is 0 Å². The lowest BCUT2D eigenvalue weighted by Crippen LogP contribution is -2.31. The minimum atomic E-state index is 0.0641. The Balaban J connectivity index is 1.73. The molecule has 1 aliphatic rings. The molecule has 2 atom stereocenters. The van der Waals surface area contributed by atoms with Gasteiger partial charge in [0.1, 0.15) is 0 Å². The second kappa shape index (κ2) is 5.68. The van der Waals surface area contributed by atoms with Crippen molar-refractivity contribution in [3.63, 3.8) is 0 Å². The fourth-order valence-electron chi connectivity index (χ4n) is 3.09. The Hall–Kier alpha value is -2.16. The number of aryl methyl sites for hydroxylation is 1. The minimum absolute atomic E-state index is 0.0641. The zero-order valence-corrected chi connectivity index (χ0v) is 12.5.